The van der Waals surface area contributed by atoms with Crippen LogP contribution in [0.3, 0.4) is 0 Å². The summed E-state index contributed by atoms with van der Waals surface area (Å²) in [4.78, 5) is 20.8. The first kappa shape index (κ1) is 17.6. The number of alkyl halides is 2. The van der Waals surface area contributed by atoms with Crippen LogP contribution in [-0.4, -0.2) is 27.1 Å². The molecule has 3 aromatic rings. The van der Waals surface area contributed by atoms with Crippen molar-refractivity contribution >= 4 is 23.0 Å². The highest BCUT2D eigenvalue weighted by molar-refractivity contribution is 5.96. The molecule has 136 valence electrons. The van der Waals surface area contributed by atoms with Crippen LogP contribution >= 0.6 is 0 Å². The summed E-state index contributed by atoms with van der Waals surface area (Å²) >= 11 is 0. The zero-order chi connectivity index (χ0) is 18.7. The molecule has 0 radical (unpaired) electrons. The van der Waals surface area contributed by atoms with Gasteiger partial charge in [-0.05, 0) is 30.7 Å². The monoisotopic (exact) mass is 361 g/mol. The molecule has 0 aliphatic carbocycles. The van der Waals surface area contributed by atoms with E-state index in [-0.39, 0.29) is 18.2 Å². The normalized spacial score (nSPS) is 11.1. The van der Waals surface area contributed by atoms with E-state index in [4.69, 9.17) is 5.73 Å². The maximum atomic E-state index is 12.3. The Morgan fingerprint density at radius 3 is 2.92 bits per heavy atom. The molecule has 3 N–H and O–H groups in total. The van der Waals surface area contributed by atoms with Crippen molar-refractivity contribution in [1.29, 1.82) is 0 Å². The van der Waals surface area contributed by atoms with Gasteiger partial charge in [-0.2, -0.15) is 8.78 Å². The van der Waals surface area contributed by atoms with Crippen LogP contribution in [0.15, 0.2) is 36.5 Å². The number of hydrogen-bond acceptors (Lipinski definition) is 5. The van der Waals surface area contributed by atoms with Crippen LogP contribution in [0.25, 0.3) is 11.2 Å². The second kappa shape index (κ2) is 7.34. The maximum absolute atomic E-state index is 12.3. The van der Waals surface area contributed by atoms with Gasteiger partial charge in [-0.3, -0.25) is 9.36 Å². The number of carbonyl (C=O) groups excluding carboxylic acids is 1. The Morgan fingerprint density at radius 2 is 2.19 bits per heavy atom. The predicted molar refractivity (Wildman–Crippen MR) is 91.9 cm³/mol. The Kier molecular flexibility index (Phi) is 4.97. The third kappa shape index (κ3) is 3.71. The SMILES string of the molecule is CCn1c(N)nc2cc(C(=O)NCc3cccc(OC(F)F)c3)cnc21. The zero-order valence-electron chi connectivity index (χ0n) is 13.9. The fourth-order valence-electron chi connectivity index (χ4n) is 2.58. The van der Waals surface area contributed by atoms with Gasteiger partial charge in [0.2, 0.25) is 5.95 Å². The van der Waals surface area contributed by atoms with Crippen LogP contribution in [0, 0.1) is 0 Å². The van der Waals surface area contributed by atoms with E-state index in [0.717, 1.165) is 0 Å². The summed E-state index contributed by atoms with van der Waals surface area (Å²) < 4.78 is 30.6. The molecule has 0 spiro atoms. The molecule has 0 bridgehead atoms. The molecule has 1 aromatic carbocycles. The van der Waals surface area contributed by atoms with Crippen LogP contribution in [0.1, 0.15) is 22.8 Å². The number of benzene rings is 1. The van der Waals surface area contributed by atoms with E-state index in [1.807, 2.05) is 6.92 Å². The third-order valence-corrected chi connectivity index (χ3v) is 3.77. The van der Waals surface area contributed by atoms with Crippen molar-refractivity contribution in [2.45, 2.75) is 26.6 Å². The molecule has 0 atom stereocenters. The predicted octanol–water partition coefficient (Wildman–Crippen LogP) is 2.56. The molecule has 0 saturated heterocycles. The van der Waals surface area contributed by atoms with E-state index < -0.39 is 6.61 Å². The maximum Gasteiger partial charge on any atom is 0.387 e. The lowest BCUT2D eigenvalue weighted by atomic mass is 10.2. The van der Waals surface area contributed by atoms with E-state index in [9.17, 15) is 13.6 Å². The third-order valence-electron chi connectivity index (χ3n) is 3.77. The molecule has 7 nitrogen and oxygen atoms in total. The van der Waals surface area contributed by atoms with E-state index in [1.165, 1.54) is 18.3 Å². The highest BCUT2D eigenvalue weighted by atomic mass is 19.3. The van der Waals surface area contributed by atoms with Crippen molar-refractivity contribution in [1.82, 2.24) is 19.9 Å². The Morgan fingerprint density at radius 1 is 1.38 bits per heavy atom. The van der Waals surface area contributed by atoms with Gasteiger partial charge in [-0.1, -0.05) is 12.1 Å². The first-order valence-electron chi connectivity index (χ1n) is 7.91. The van der Waals surface area contributed by atoms with Crippen molar-refractivity contribution in [3.05, 3.63) is 47.7 Å². The fourth-order valence-corrected chi connectivity index (χ4v) is 2.58. The average molecular weight is 361 g/mol. The summed E-state index contributed by atoms with van der Waals surface area (Å²) in [6, 6.07) is 7.74. The van der Waals surface area contributed by atoms with Gasteiger partial charge >= 0.3 is 6.61 Å². The van der Waals surface area contributed by atoms with Crippen LogP contribution in [0.5, 0.6) is 5.75 Å². The lowest BCUT2D eigenvalue weighted by molar-refractivity contribution is -0.0498. The molecule has 0 aliphatic heterocycles. The summed E-state index contributed by atoms with van der Waals surface area (Å²) in [7, 11) is 0. The number of nitrogen functional groups attached to an aromatic ring is 1. The number of anilines is 1. The molecule has 3 rings (SSSR count). The minimum Gasteiger partial charge on any atom is -0.435 e. The Hall–Kier alpha value is -3.23. The number of nitrogens with one attached hydrogen (secondary N) is 1. The number of pyridine rings is 1. The number of aryl methyl sites for hydroxylation is 1. The Balaban J connectivity index is 1.71. The number of nitrogens with zero attached hydrogens (tertiary/aromatic N) is 3. The van der Waals surface area contributed by atoms with Crippen molar-refractivity contribution in [2.75, 3.05) is 5.73 Å². The van der Waals surface area contributed by atoms with Crippen molar-refractivity contribution in [3.63, 3.8) is 0 Å². The lowest BCUT2D eigenvalue weighted by Crippen LogP contribution is -2.23. The topological polar surface area (TPSA) is 95.1 Å². The standard InChI is InChI=1S/C17H17F2N5O2/c1-2-24-14-13(23-17(24)20)7-11(9-21-14)15(25)22-8-10-4-3-5-12(6-10)26-16(18)19/h3-7,9,16H,2,8H2,1H3,(H2,20,23)(H,22,25). The molecular weight excluding hydrogens is 344 g/mol. The van der Waals surface area contributed by atoms with Gasteiger partial charge in [0, 0.05) is 19.3 Å². The summed E-state index contributed by atoms with van der Waals surface area (Å²) in [6.07, 6.45) is 1.45. The number of carbonyl (C=O) groups is 1. The van der Waals surface area contributed by atoms with Crippen LogP contribution in [0.4, 0.5) is 14.7 Å². The number of halogens is 2. The Bertz CT molecular complexity index is 942. The highest BCUT2D eigenvalue weighted by Gasteiger charge is 2.13. The number of ether oxygens (including phenoxy) is 1. The number of amides is 1. The number of aromatic nitrogens is 3. The van der Waals surface area contributed by atoms with E-state index in [0.29, 0.717) is 34.8 Å². The number of hydrogen-bond donors (Lipinski definition) is 2. The van der Waals surface area contributed by atoms with Crippen LogP contribution in [-0.2, 0) is 13.1 Å². The number of fused-ring (bicyclic) bond motifs is 1. The summed E-state index contributed by atoms with van der Waals surface area (Å²) in [5, 5.41) is 2.71. The quantitative estimate of drug-likeness (QED) is 0.704. The first-order chi connectivity index (χ1) is 12.5. The smallest absolute Gasteiger partial charge is 0.387 e. The molecule has 2 aromatic heterocycles. The molecular formula is C17H17F2N5O2. The van der Waals surface area contributed by atoms with Crippen LogP contribution in [0.2, 0.25) is 0 Å². The average Bonchev–Trinajstić information content (AvgIpc) is 2.93. The van der Waals surface area contributed by atoms with Crippen molar-refractivity contribution in [3.8, 4) is 5.75 Å². The van der Waals surface area contributed by atoms with Gasteiger partial charge in [-0.15, -0.1) is 0 Å². The van der Waals surface area contributed by atoms with Gasteiger partial charge in [0.1, 0.15) is 11.3 Å². The molecule has 1 amide bonds. The molecule has 0 aliphatic rings. The highest BCUT2D eigenvalue weighted by Crippen LogP contribution is 2.18. The van der Waals surface area contributed by atoms with Crippen LogP contribution < -0.4 is 15.8 Å². The van der Waals surface area contributed by atoms with Gasteiger partial charge in [0.05, 0.1) is 5.56 Å². The van der Waals surface area contributed by atoms with Crippen molar-refractivity contribution in [2.24, 2.45) is 0 Å². The molecule has 0 saturated carbocycles. The molecule has 0 fully saturated rings. The second-order valence-electron chi connectivity index (χ2n) is 5.49. The van der Waals surface area contributed by atoms with E-state index in [1.54, 1.807) is 22.8 Å². The zero-order valence-corrected chi connectivity index (χ0v) is 13.9. The fraction of sp³-hybridized carbons (Fsp3) is 0.235. The van der Waals surface area contributed by atoms with Gasteiger partial charge in [0.25, 0.3) is 5.91 Å². The lowest BCUT2D eigenvalue weighted by Gasteiger charge is -2.08. The summed E-state index contributed by atoms with van der Waals surface area (Å²) in [5.41, 5.74) is 7.92. The minimum absolute atomic E-state index is 0.0374. The first-order valence-corrected chi connectivity index (χ1v) is 7.91. The molecule has 0 unspecified atom stereocenters. The molecule has 26 heavy (non-hydrogen) atoms. The molecule has 2 heterocycles. The van der Waals surface area contributed by atoms with Crippen molar-refractivity contribution < 1.29 is 18.3 Å². The van der Waals surface area contributed by atoms with E-state index in [2.05, 4.69) is 20.0 Å². The Labute approximate surface area is 147 Å². The number of rotatable bonds is 6. The van der Waals surface area contributed by atoms with Gasteiger partial charge in [-0.25, -0.2) is 9.97 Å². The molecule has 9 heteroatoms. The van der Waals surface area contributed by atoms with Gasteiger partial charge < -0.3 is 15.8 Å². The second-order valence-corrected chi connectivity index (χ2v) is 5.49. The number of imidazole rings is 1. The minimum atomic E-state index is -2.90. The largest absolute Gasteiger partial charge is 0.435 e. The van der Waals surface area contributed by atoms with Gasteiger partial charge in [0.15, 0.2) is 5.65 Å². The summed E-state index contributed by atoms with van der Waals surface area (Å²) in [6.45, 7) is -0.195. The number of nitrogens with two attached hydrogens (primary N) is 1. The van der Waals surface area contributed by atoms with E-state index >= 15 is 0 Å². The summed E-state index contributed by atoms with van der Waals surface area (Å²) in [5.74, 6) is 0.0167.